The molecule has 0 saturated heterocycles. The fourth-order valence-electron chi connectivity index (χ4n) is 1.53. The Labute approximate surface area is 90.5 Å². The highest BCUT2D eigenvalue weighted by Crippen LogP contribution is 2.31. The number of carbonyl (C=O) groups is 2. The molecule has 0 radical (unpaired) electrons. The van der Waals surface area contributed by atoms with E-state index in [1.54, 1.807) is 6.08 Å². The van der Waals surface area contributed by atoms with E-state index in [9.17, 15) is 9.59 Å². The van der Waals surface area contributed by atoms with Gasteiger partial charge < -0.3 is 4.74 Å². The molecule has 0 unspecified atom stereocenters. The van der Waals surface area contributed by atoms with Crippen LogP contribution in [0.15, 0.2) is 11.8 Å². The summed E-state index contributed by atoms with van der Waals surface area (Å²) >= 11 is 0. The molecule has 0 bridgehead atoms. The van der Waals surface area contributed by atoms with E-state index in [-0.39, 0.29) is 22.9 Å². The molecule has 1 rings (SSSR count). The van der Waals surface area contributed by atoms with Crippen molar-refractivity contribution in [1.29, 1.82) is 0 Å². The quantitative estimate of drug-likeness (QED) is 0.672. The van der Waals surface area contributed by atoms with Crippen LogP contribution in [0.3, 0.4) is 0 Å². The van der Waals surface area contributed by atoms with Gasteiger partial charge in [0.1, 0.15) is 0 Å². The number of ether oxygens (including phenoxy) is 1. The molecule has 0 aliphatic heterocycles. The molecule has 0 aromatic heterocycles. The lowest BCUT2D eigenvalue weighted by molar-refractivity contribution is -0.143. The van der Waals surface area contributed by atoms with Gasteiger partial charge in [-0.2, -0.15) is 0 Å². The molecule has 1 aliphatic rings. The Hall–Kier alpha value is -1.12. The lowest BCUT2D eigenvalue weighted by Gasteiger charge is -2.25. The molecule has 15 heavy (non-hydrogen) atoms. The van der Waals surface area contributed by atoms with Gasteiger partial charge >= 0.3 is 5.97 Å². The highest BCUT2D eigenvalue weighted by Gasteiger charge is 2.28. The van der Waals surface area contributed by atoms with E-state index in [0.29, 0.717) is 12.8 Å². The Balaban J connectivity index is 2.70. The zero-order valence-corrected chi connectivity index (χ0v) is 9.63. The molecule has 0 spiro atoms. The van der Waals surface area contributed by atoms with Crippen LogP contribution in [0.2, 0.25) is 0 Å². The third kappa shape index (κ3) is 3.50. The molecular formula is C12H18O3. The molecule has 0 amide bonds. The zero-order valence-electron chi connectivity index (χ0n) is 9.63. The Kier molecular flexibility index (Phi) is 3.66. The molecule has 0 saturated carbocycles. The van der Waals surface area contributed by atoms with Gasteiger partial charge in [0.05, 0.1) is 0 Å². The van der Waals surface area contributed by atoms with Gasteiger partial charge in [-0.3, -0.25) is 9.59 Å². The van der Waals surface area contributed by atoms with Crippen LogP contribution in [-0.4, -0.2) is 11.8 Å². The van der Waals surface area contributed by atoms with E-state index >= 15 is 0 Å². The largest absolute Gasteiger partial charge is 0.423 e. The first kappa shape index (κ1) is 12.0. The summed E-state index contributed by atoms with van der Waals surface area (Å²) in [6.07, 6.45) is 4.17. The van der Waals surface area contributed by atoms with Crippen LogP contribution >= 0.6 is 0 Å². The van der Waals surface area contributed by atoms with Crippen molar-refractivity contribution in [1.82, 2.24) is 0 Å². The van der Waals surface area contributed by atoms with Crippen LogP contribution in [0.4, 0.5) is 0 Å². The van der Waals surface area contributed by atoms with Crippen LogP contribution in [0.5, 0.6) is 0 Å². The summed E-state index contributed by atoms with van der Waals surface area (Å²) in [5.41, 5.74) is -0.0459. The fraction of sp³-hybridized carbons (Fsp3) is 0.667. The molecule has 0 heterocycles. The van der Waals surface area contributed by atoms with Crippen LogP contribution in [-0.2, 0) is 14.3 Å². The summed E-state index contributed by atoms with van der Waals surface area (Å²) < 4.78 is 5.05. The van der Waals surface area contributed by atoms with Crippen molar-refractivity contribution in [3.63, 3.8) is 0 Å². The fourth-order valence-corrected chi connectivity index (χ4v) is 1.53. The topological polar surface area (TPSA) is 43.4 Å². The molecule has 0 N–H and O–H groups in total. The van der Waals surface area contributed by atoms with Crippen molar-refractivity contribution in [2.24, 2.45) is 5.41 Å². The van der Waals surface area contributed by atoms with Gasteiger partial charge in [-0.25, -0.2) is 0 Å². The zero-order chi connectivity index (χ0) is 11.5. The van der Waals surface area contributed by atoms with Crippen molar-refractivity contribution in [2.75, 3.05) is 0 Å². The minimum absolute atomic E-state index is 0.0459. The minimum Gasteiger partial charge on any atom is -0.423 e. The van der Waals surface area contributed by atoms with E-state index in [1.165, 1.54) is 0 Å². The average Bonchev–Trinajstić information content (AvgIpc) is 2.11. The number of Topliss-reactive ketones (excluding diaryl/α,β-unsaturated/α-hetero) is 1. The Morgan fingerprint density at radius 2 is 2.20 bits per heavy atom. The van der Waals surface area contributed by atoms with E-state index < -0.39 is 0 Å². The summed E-state index contributed by atoms with van der Waals surface area (Å²) in [6, 6.07) is 0. The van der Waals surface area contributed by atoms with E-state index in [0.717, 1.165) is 12.8 Å². The van der Waals surface area contributed by atoms with Crippen molar-refractivity contribution in [3.8, 4) is 0 Å². The monoisotopic (exact) mass is 210 g/mol. The van der Waals surface area contributed by atoms with Crippen LogP contribution < -0.4 is 0 Å². The first-order valence-corrected chi connectivity index (χ1v) is 5.41. The maximum absolute atomic E-state index is 11.5. The number of allylic oxidation sites excluding steroid dienone is 2. The molecule has 1 aliphatic carbocycles. The van der Waals surface area contributed by atoms with Crippen LogP contribution in [0, 0.1) is 5.41 Å². The van der Waals surface area contributed by atoms with Crippen molar-refractivity contribution in [3.05, 3.63) is 11.8 Å². The van der Waals surface area contributed by atoms with Crippen molar-refractivity contribution in [2.45, 2.75) is 46.5 Å². The molecule has 0 aromatic rings. The maximum Gasteiger partial charge on any atom is 0.311 e. The number of rotatable bonds is 3. The Morgan fingerprint density at radius 3 is 2.80 bits per heavy atom. The summed E-state index contributed by atoms with van der Waals surface area (Å²) in [6.45, 7) is 5.97. The summed E-state index contributed by atoms with van der Waals surface area (Å²) in [5, 5.41) is 0. The molecule has 0 fully saturated rings. The predicted octanol–water partition coefficient (Wildman–Crippen LogP) is 2.60. The summed E-state index contributed by atoms with van der Waals surface area (Å²) in [4.78, 5) is 22.7. The first-order chi connectivity index (χ1) is 6.94. The SMILES string of the molecule is CCCC(=O)OC1=CC(C)(C)CCC1=O. The van der Waals surface area contributed by atoms with Crippen molar-refractivity contribution < 1.29 is 14.3 Å². The van der Waals surface area contributed by atoms with Gasteiger partial charge in [0.15, 0.2) is 11.5 Å². The number of hydrogen-bond acceptors (Lipinski definition) is 3. The second kappa shape index (κ2) is 4.60. The van der Waals surface area contributed by atoms with Gasteiger partial charge in [-0.05, 0) is 24.3 Å². The Morgan fingerprint density at radius 1 is 1.53 bits per heavy atom. The third-order valence-corrected chi connectivity index (χ3v) is 2.47. The van der Waals surface area contributed by atoms with E-state index in [4.69, 9.17) is 4.74 Å². The second-order valence-electron chi connectivity index (χ2n) is 4.64. The highest BCUT2D eigenvalue weighted by molar-refractivity contribution is 5.96. The van der Waals surface area contributed by atoms with Gasteiger partial charge in [0.2, 0.25) is 0 Å². The normalized spacial score (nSPS) is 19.7. The predicted molar refractivity (Wildman–Crippen MR) is 57.1 cm³/mol. The van der Waals surface area contributed by atoms with Gasteiger partial charge in [-0.1, -0.05) is 20.8 Å². The minimum atomic E-state index is -0.310. The molecule has 0 atom stereocenters. The molecule has 84 valence electrons. The number of hydrogen-bond donors (Lipinski definition) is 0. The lowest BCUT2D eigenvalue weighted by atomic mass is 9.82. The number of esters is 1. The highest BCUT2D eigenvalue weighted by atomic mass is 16.5. The van der Waals surface area contributed by atoms with Gasteiger partial charge in [0, 0.05) is 12.8 Å². The van der Waals surface area contributed by atoms with Gasteiger partial charge in [-0.15, -0.1) is 0 Å². The maximum atomic E-state index is 11.5. The summed E-state index contributed by atoms with van der Waals surface area (Å²) in [7, 11) is 0. The first-order valence-electron chi connectivity index (χ1n) is 5.41. The standard InChI is InChI=1S/C12H18O3/c1-4-5-11(14)15-10-8-12(2,3)7-6-9(10)13/h8H,4-7H2,1-3H3. The smallest absolute Gasteiger partial charge is 0.311 e. The van der Waals surface area contributed by atoms with E-state index in [2.05, 4.69) is 0 Å². The molecule has 3 nitrogen and oxygen atoms in total. The number of ketones is 1. The third-order valence-electron chi connectivity index (χ3n) is 2.47. The van der Waals surface area contributed by atoms with Crippen LogP contribution in [0.1, 0.15) is 46.5 Å². The average molecular weight is 210 g/mol. The molecule has 3 heteroatoms. The van der Waals surface area contributed by atoms with Gasteiger partial charge in [0.25, 0.3) is 0 Å². The van der Waals surface area contributed by atoms with Crippen molar-refractivity contribution >= 4 is 11.8 Å². The Bertz CT molecular complexity index is 300. The molecule has 0 aromatic carbocycles. The van der Waals surface area contributed by atoms with E-state index in [1.807, 2.05) is 20.8 Å². The number of carbonyl (C=O) groups excluding carboxylic acids is 2. The second-order valence-corrected chi connectivity index (χ2v) is 4.64. The van der Waals surface area contributed by atoms with Crippen LogP contribution in [0.25, 0.3) is 0 Å². The lowest BCUT2D eigenvalue weighted by Crippen LogP contribution is -2.22. The molecular weight excluding hydrogens is 192 g/mol. The summed E-state index contributed by atoms with van der Waals surface area (Å²) in [5.74, 6) is -0.127.